The molecule has 1 nitrogen and oxygen atoms in total. The average molecular weight is 139 g/mol. The SMILES string of the molecule is CC(C)CCCC1CC1=N. The van der Waals surface area contributed by atoms with E-state index in [1.54, 1.807) is 0 Å². The minimum Gasteiger partial charge on any atom is -0.309 e. The van der Waals surface area contributed by atoms with Crippen LogP contribution in [-0.4, -0.2) is 5.71 Å². The first-order valence-corrected chi connectivity index (χ1v) is 4.27. The fourth-order valence-corrected chi connectivity index (χ4v) is 1.26. The highest BCUT2D eigenvalue weighted by Crippen LogP contribution is 2.30. The van der Waals surface area contributed by atoms with Crippen molar-refractivity contribution in [1.82, 2.24) is 0 Å². The third-order valence-corrected chi connectivity index (χ3v) is 2.13. The van der Waals surface area contributed by atoms with Crippen molar-refractivity contribution in [2.24, 2.45) is 11.8 Å². The van der Waals surface area contributed by atoms with Gasteiger partial charge < -0.3 is 5.41 Å². The summed E-state index contributed by atoms with van der Waals surface area (Å²) in [6.45, 7) is 4.52. The van der Waals surface area contributed by atoms with Gasteiger partial charge in [-0.05, 0) is 18.8 Å². The molecule has 10 heavy (non-hydrogen) atoms. The van der Waals surface area contributed by atoms with Crippen LogP contribution in [0, 0.1) is 17.2 Å². The van der Waals surface area contributed by atoms with E-state index >= 15 is 0 Å². The first-order chi connectivity index (χ1) is 4.70. The Balaban J connectivity index is 1.91. The highest BCUT2D eigenvalue weighted by Gasteiger charge is 2.28. The van der Waals surface area contributed by atoms with Crippen LogP contribution in [-0.2, 0) is 0 Å². The molecular weight excluding hydrogens is 122 g/mol. The first kappa shape index (κ1) is 7.77. The normalized spacial score (nSPS) is 23.9. The van der Waals surface area contributed by atoms with Gasteiger partial charge in [0.05, 0.1) is 0 Å². The molecule has 1 unspecified atom stereocenters. The summed E-state index contributed by atoms with van der Waals surface area (Å²) in [6, 6.07) is 0. The molecule has 0 spiro atoms. The fraction of sp³-hybridized carbons (Fsp3) is 0.889. The second kappa shape index (κ2) is 3.18. The largest absolute Gasteiger partial charge is 0.309 e. The summed E-state index contributed by atoms with van der Waals surface area (Å²) in [5.74, 6) is 1.53. The maximum atomic E-state index is 7.25. The third-order valence-electron chi connectivity index (χ3n) is 2.13. The lowest BCUT2D eigenvalue weighted by Crippen LogP contribution is -1.88. The average Bonchev–Trinajstić information content (AvgIpc) is 2.46. The smallest absolute Gasteiger partial charge is 0.0130 e. The van der Waals surface area contributed by atoms with Crippen LogP contribution in [0.5, 0.6) is 0 Å². The predicted molar refractivity (Wildman–Crippen MR) is 44.5 cm³/mol. The van der Waals surface area contributed by atoms with E-state index in [1.165, 1.54) is 19.3 Å². The monoisotopic (exact) mass is 139 g/mol. The Kier molecular flexibility index (Phi) is 2.47. The van der Waals surface area contributed by atoms with Gasteiger partial charge in [0.2, 0.25) is 0 Å². The lowest BCUT2D eigenvalue weighted by atomic mass is 10.1. The Morgan fingerprint density at radius 2 is 2.20 bits per heavy atom. The van der Waals surface area contributed by atoms with Gasteiger partial charge >= 0.3 is 0 Å². The Bertz CT molecular complexity index is 127. The quantitative estimate of drug-likeness (QED) is 0.619. The molecule has 0 bridgehead atoms. The molecule has 1 atom stereocenters. The van der Waals surface area contributed by atoms with Gasteiger partial charge in [-0.3, -0.25) is 0 Å². The molecule has 0 amide bonds. The van der Waals surface area contributed by atoms with Gasteiger partial charge in [-0.1, -0.05) is 26.7 Å². The topological polar surface area (TPSA) is 23.9 Å². The van der Waals surface area contributed by atoms with E-state index in [2.05, 4.69) is 13.8 Å². The molecule has 1 N–H and O–H groups in total. The zero-order chi connectivity index (χ0) is 7.56. The van der Waals surface area contributed by atoms with Crippen LogP contribution in [0.4, 0.5) is 0 Å². The van der Waals surface area contributed by atoms with Gasteiger partial charge in [0.1, 0.15) is 0 Å². The van der Waals surface area contributed by atoms with Crippen LogP contribution in [0.25, 0.3) is 0 Å². The molecule has 0 aromatic heterocycles. The fourth-order valence-electron chi connectivity index (χ4n) is 1.26. The second-order valence-corrected chi connectivity index (χ2v) is 3.75. The van der Waals surface area contributed by atoms with E-state index in [1.807, 2.05) is 0 Å². The third kappa shape index (κ3) is 2.51. The summed E-state index contributed by atoms with van der Waals surface area (Å²) in [5.41, 5.74) is 0.990. The maximum Gasteiger partial charge on any atom is 0.0130 e. The lowest BCUT2D eigenvalue weighted by molar-refractivity contribution is 0.527. The molecule has 1 aliphatic rings. The first-order valence-electron chi connectivity index (χ1n) is 4.27. The zero-order valence-corrected chi connectivity index (χ0v) is 6.98. The van der Waals surface area contributed by atoms with Crippen LogP contribution in [0.3, 0.4) is 0 Å². The Labute approximate surface area is 63.3 Å². The number of hydrogen-bond acceptors (Lipinski definition) is 1. The Hall–Kier alpha value is -0.330. The molecule has 1 aliphatic carbocycles. The molecule has 1 saturated carbocycles. The molecule has 1 rings (SSSR count). The molecule has 1 heteroatoms. The summed E-state index contributed by atoms with van der Waals surface area (Å²) in [4.78, 5) is 0. The minimum atomic E-state index is 0.693. The summed E-state index contributed by atoms with van der Waals surface area (Å²) < 4.78 is 0. The van der Waals surface area contributed by atoms with Gasteiger partial charge in [-0.2, -0.15) is 0 Å². The number of hydrogen-bond donors (Lipinski definition) is 1. The zero-order valence-electron chi connectivity index (χ0n) is 6.98. The molecule has 0 aromatic rings. The van der Waals surface area contributed by atoms with Gasteiger partial charge in [0.25, 0.3) is 0 Å². The van der Waals surface area contributed by atoms with E-state index in [0.29, 0.717) is 5.92 Å². The van der Waals surface area contributed by atoms with Crippen molar-refractivity contribution < 1.29 is 0 Å². The molecule has 1 fully saturated rings. The van der Waals surface area contributed by atoms with Gasteiger partial charge in [-0.25, -0.2) is 0 Å². The van der Waals surface area contributed by atoms with Crippen molar-refractivity contribution in [3.8, 4) is 0 Å². The summed E-state index contributed by atoms with van der Waals surface area (Å²) in [6.07, 6.45) is 5.03. The van der Waals surface area contributed by atoms with Crippen molar-refractivity contribution in [2.75, 3.05) is 0 Å². The van der Waals surface area contributed by atoms with Crippen LogP contribution >= 0.6 is 0 Å². The van der Waals surface area contributed by atoms with E-state index in [4.69, 9.17) is 5.41 Å². The molecule has 0 aliphatic heterocycles. The van der Waals surface area contributed by atoms with Crippen molar-refractivity contribution in [3.05, 3.63) is 0 Å². The Morgan fingerprint density at radius 1 is 1.60 bits per heavy atom. The molecule has 0 heterocycles. The van der Waals surface area contributed by atoms with E-state index < -0.39 is 0 Å². The number of nitrogens with one attached hydrogen (secondary N) is 1. The standard InChI is InChI=1S/C9H17N/c1-7(2)4-3-5-8-6-9(8)10/h7-8,10H,3-6H2,1-2H3. The predicted octanol–water partition coefficient (Wildman–Crippen LogP) is 2.85. The van der Waals surface area contributed by atoms with Crippen molar-refractivity contribution in [2.45, 2.75) is 39.5 Å². The molecule has 58 valence electrons. The molecule has 0 radical (unpaired) electrons. The minimum absolute atomic E-state index is 0.693. The highest BCUT2D eigenvalue weighted by molar-refractivity contribution is 5.98. The van der Waals surface area contributed by atoms with Crippen LogP contribution in [0.2, 0.25) is 0 Å². The van der Waals surface area contributed by atoms with E-state index in [9.17, 15) is 0 Å². The van der Waals surface area contributed by atoms with Crippen LogP contribution in [0.15, 0.2) is 0 Å². The van der Waals surface area contributed by atoms with E-state index in [-0.39, 0.29) is 0 Å². The maximum absolute atomic E-state index is 7.25. The van der Waals surface area contributed by atoms with Crippen molar-refractivity contribution in [3.63, 3.8) is 0 Å². The van der Waals surface area contributed by atoms with Gasteiger partial charge in [-0.15, -0.1) is 0 Å². The van der Waals surface area contributed by atoms with Crippen LogP contribution in [0.1, 0.15) is 39.5 Å². The summed E-state index contributed by atoms with van der Waals surface area (Å²) in [7, 11) is 0. The molecular formula is C9H17N. The van der Waals surface area contributed by atoms with Gasteiger partial charge in [0.15, 0.2) is 0 Å². The molecule has 0 aromatic carbocycles. The lowest BCUT2D eigenvalue weighted by Gasteiger charge is -2.01. The van der Waals surface area contributed by atoms with Crippen molar-refractivity contribution >= 4 is 5.71 Å². The van der Waals surface area contributed by atoms with Crippen LogP contribution < -0.4 is 0 Å². The highest BCUT2D eigenvalue weighted by atomic mass is 14.5. The number of rotatable bonds is 4. The summed E-state index contributed by atoms with van der Waals surface area (Å²) in [5, 5.41) is 7.25. The Morgan fingerprint density at radius 3 is 2.60 bits per heavy atom. The molecule has 0 saturated heterocycles. The van der Waals surface area contributed by atoms with Gasteiger partial charge in [0, 0.05) is 11.6 Å². The van der Waals surface area contributed by atoms with E-state index in [0.717, 1.165) is 18.1 Å². The second-order valence-electron chi connectivity index (χ2n) is 3.75. The van der Waals surface area contributed by atoms with Crippen molar-refractivity contribution in [1.29, 1.82) is 5.41 Å². The summed E-state index contributed by atoms with van der Waals surface area (Å²) >= 11 is 0.